The maximum absolute atomic E-state index is 12.8. The van der Waals surface area contributed by atoms with Crippen LogP contribution in [0.25, 0.3) is 6.08 Å². The predicted octanol–water partition coefficient (Wildman–Crippen LogP) is 4.68. The molecule has 2 aliphatic rings. The van der Waals surface area contributed by atoms with Gasteiger partial charge >= 0.3 is 5.97 Å². The summed E-state index contributed by atoms with van der Waals surface area (Å²) in [4.78, 5) is 33.7. The number of rotatable bonds is 6. The Hall–Kier alpha value is -4.57. The summed E-state index contributed by atoms with van der Waals surface area (Å²) in [7, 11) is 0. The highest BCUT2D eigenvalue weighted by atomic mass is 32.2. The normalized spacial score (nSPS) is 15.8. The molecule has 3 aromatic rings. The van der Waals surface area contributed by atoms with Crippen LogP contribution in [0.3, 0.4) is 0 Å². The Morgan fingerprint density at radius 1 is 1.14 bits per heavy atom. The maximum Gasteiger partial charge on any atom is 0.343 e. The second-order valence-electron chi connectivity index (χ2n) is 8.07. The predicted molar refractivity (Wildman–Crippen MR) is 142 cm³/mol. The van der Waals surface area contributed by atoms with Gasteiger partial charge in [-0.2, -0.15) is 15.1 Å². The molecule has 0 atom stereocenters. The largest absolute Gasteiger partial charge is 0.490 e. The fraction of sp³-hybridized carbons (Fsp3) is 0.111. The molecule has 1 amide bonds. The quantitative estimate of drug-likeness (QED) is 0.290. The van der Waals surface area contributed by atoms with Crippen LogP contribution in [0.15, 0.2) is 82.7 Å². The number of hydrogen-bond donors (Lipinski definition) is 1. The Morgan fingerprint density at radius 3 is 2.76 bits per heavy atom. The number of esters is 1. The van der Waals surface area contributed by atoms with Gasteiger partial charge in [0, 0.05) is 18.0 Å². The molecular weight excluding hydrogens is 490 g/mol. The summed E-state index contributed by atoms with van der Waals surface area (Å²) >= 11 is 1.21. The van der Waals surface area contributed by atoms with Gasteiger partial charge in [-0.1, -0.05) is 23.8 Å². The van der Waals surface area contributed by atoms with Gasteiger partial charge in [-0.25, -0.2) is 4.79 Å². The van der Waals surface area contributed by atoms with Crippen LogP contribution >= 0.6 is 11.8 Å². The molecule has 0 bridgehead atoms. The fourth-order valence-corrected chi connectivity index (χ4v) is 4.54. The van der Waals surface area contributed by atoms with E-state index < -0.39 is 11.9 Å². The van der Waals surface area contributed by atoms with Crippen LogP contribution in [0, 0.1) is 12.3 Å². The van der Waals surface area contributed by atoms with Crippen LogP contribution in [0.2, 0.25) is 0 Å². The van der Waals surface area contributed by atoms with Gasteiger partial charge in [0.05, 0.1) is 17.7 Å². The number of nitrogens with zero attached hydrogens (tertiary/aromatic N) is 4. The molecule has 10 heteroatoms. The standard InChI is InChI=1S/C27H21N5O4S/c1-3-35-22-14-17(9-10-21(22)36-26(34)18-7-4-6-16(2)12-18)13-20-23(28)32-27(30-24(20)33)37-25(31-32)19-8-5-11-29-15-19/h4-15,28H,3H2,1-2H3/b20-13-,28-23?. The highest BCUT2D eigenvalue weighted by molar-refractivity contribution is 8.27. The number of aryl methyl sites for hydroxylation is 1. The maximum atomic E-state index is 12.8. The third kappa shape index (κ3) is 5.05. The first-order valence-electron chi connectivity index (χ1n) is 11.4. The summed E-state index contributed by atoms with van der Waals surface area (Å²) in [5.74, 6) is -0.544. The number of benzene rings is 2. The number of ether oxygens (including phenoxy) is 2. The summed E-state index contributed by atoms with van der Waals surface area (Å²) in [5, 5.41) is 15.3. The van der Waals surface area contributed by atoms with Crippen molar-refractivity contribution in [2.24, 2.45) is 10.1 Å². The number of pyridine rings is 1. The molecule has 5 rings (SSSR count). The SMILES string of the molecule is CCOc1cc(/C=C2/C(=N)N3N=C(c4cccnc4)SC3=NC2=O)ccc1OC(=O)c1cccc(C)c1. The monoisotopic (exact) mass is 511 g/mol. The minimum atomic E-state index is -0.542. The van der Waals surface area contributed by atoms with Crippen LogP contribution in [0.5, 0.6) is 11.5 Å². The number of fused-ring (bicyclic) bond motifs is 1. The third-order valence-electron chi connectivity index (χ3n) is 5.40. The molecule has 37 heavy (non-hydrogen) atoms. The average molecular weight is 512 g/mol. The van der Waals surface area contributed by atoms with E-state index in [0.717, 1.165) is 11.1 Å². The van der Waals surface area contributed by atoms with Crippen molar-refractivity contribution in [1.82, 2.24) is 9.99 Å². The van der Waals surface area contributed by atoms with E-state index in [0.29, 0.717) is 33.7 Å². The molecule has 0 unspecified atom stereocenters. The zero-order valence-electron chi connectivity index (χ0n) is 20.0. The highest BCUT2D eigenvalue weighted by Gasteiger charge is 2.36. The van der Waals surface area contributed by atoms with E-state index in [-0.39, 0.29) is 17.2 Å². The Kier molecular flexibility index (Phi) is 6.65. The lowest BCUT2D eigenvalue weighted by Gasteiger charge is -2.20. The Balaban J connectivity index is 1.41. The summed E-state index contributed by atoms with van der Waals surface area (Å²) < 4.78 is 11.3. The minimum absolute atomic E-state index is 0.0764. The van der Waals surface area contributed by atoms with Gasteiger partial charge in [0.15, 0.2) is 17.3 Å². The zero-order valence-corrected chi connectivity index (χ0v) is 20.8. The van der Waals surface area contributed by atoms with E-state index in [4.69, 9.17) is 14.9 Å². The van der Waals surface area contributed by atoms with Crippen LogP contribution in [0.4, 0.5) is 0 Å². The summed E-state index contributed by atoms with van der Waals surface area (Å²) in [6.07, 6.45) is 4.86. The highest BCUT2D eigenvalue weighted by Crippen LogP contribution is 2.33. The van der Waals surface area contributed by atoms with E-state index in [9.17, 15) is 9.59 Å². The van der Waals surface area contributed by atoms with Crippen molar-refractivity contribution in [2.75, 3.05) is 6.61 Å². The van der Waals surface area contributed by atoms with Crippen molar-refractivity contribution in [1.29, 1.82) is 5.41 Å². The van der Waals surface area contributed by atoms with Gasteiger partial charge in [-0.3, -0.25) is 15.2 Å². The molecule has 0 fully saturated rings. The topological polar surface area (TPSA) is 117 Å². The first kappa shape index (κ1) is 24.1. The number of amides is 1. The van der Waals surface area contributed by atoms with Crippen LogP contribution < -0.4 is 9.47 Å². The lowest BCUT2D eigenvalue weighted by molar-refractivity contribution is -0.114. The first-order valence-corrected chi connectivity index (χ1v) is 12.2. The van der Waals surface area contributed by atoms with Gasteiger partial charge in [0.25, 0.3) is 5.91 Å². The number of hydrogen-bond acceptors (Lipinski definition) is 8. The Morgan fingerprint density at radius 2 is 2.00 bits per heavy atom. The van der Waals surface area contributed by atoms with Gasteiger partial charge in [0.1, 0.15) is 5.04 Å². The number of nitrogens with one attached hydrogen (secondary N) is 1. The number of amidine groups is 2. The number of carbonyl (C=O) groups excluding carboxylic acids is 2. The fourth-order valence-electron chi connectivity index (χ4n) is 3.66. The van der Waals surface area contributed by atoms with Crippen LogP contribution in [0.1, 0.15) is 34.0 Å². The molecule has 0 saturated carbocycles. The molecule has 9 nitrogen and oxygen atoms in total. The van der Waals surface area contributed by atoms with Crippen molar-refractivity contribution in [3.63, 3.8) is 0 Å². The molecule has 0 spiro atoms. The smallest absolute Gasteiger partial charge is 0.343 e. The summed E-state index contributed by atoms with van der Waals surface area (Å²) in [5.41, 5.74) is 2.80. The third-order valence-corrected chi connectivity index (χ3v) is 6.36. The van der Waals surface area contributed by atoms with E-state index >= 15 is 0 Å². The number of carbonyl (C=O) groups is 2. The van der Waals surface area contributed by atoms with Crippen molar-refractivity contribution in [3.8, 4) is 11.5 Å². The van der Waals surface area contributed by atoms with Crippen molar-refractivity contribution >= 4 is 45.8 Å². The van der Waals surface area contributed by atoms with Gasteiger partial charge in [-0.15, -0.1) is 0 Å². The van der Waals surface area contributed by atoms with Crippen molar-refractivity contribution in [2.45, 2.75) is 13.8 Å². The second-order valence-corrected chi connectivity index (χ2v) is 9.02. The number of aromatic nitrogens is 1. The second kappa shape index (κ2) is 10.2. The summed E-state index contributed by atoms with van der Waals surface area (Å²) in [6.45, 7) is 4.05. The molecular formula is C27H21N5O4S. The van der Waals surface area contributed by atoms with Crippen LogP contribution in [-0.4, -0.2) is 44.5 Å². The molecule has 184 valence electrons. The Bertz CT molecular complexity index is 1510. The first-order chi connectivity index (χ1) is 17.9. The van der Waals surface area contributed by atoms with E-state index in [2.05, 4.69) is 15.1 Å². The average Bonchev–Trinajstić information content (AvgIpc) is 3.33. The van der Waals surface area contributed by atoms with Gasteiger partial charge < -0.3 is 9.47 Å². The lowest BCUT2D eigenvalue weighted by Crippen LogP contribution is -2.35. The molecule has 0 saturated heterocycles. The number of thioether (sulfide) groups is 1. The summed E-state index contributed by atoms with van der Waals surface area (Å²) in [6, 6.07) is 15.7. The van der Waals surface area contributed by atoms with E-state index in [1.54, 1.807) is 60.9 Å². The molecule has 2 aromatic carbocycles. The Labute approximate surface area is 217 Å². The van der Waals surface area contributed by atoms with E-state index in [1.807, 2.05) is 26.0 Å². The molecule has 2 aliphatic heterocycles. The van der Waals surface area contributed by atoms with Crippen molar-refractivity contribution in [3.05, 3.63) is 94.8 Å². The molecule has 1 aromatic heterocycles. The van der Waals surface area contributed by atoms with Gasteiger partial charge in [0.2, 0.25) is 5.17 Å². The van der Waals surface area contributed by atoms with E-state index in [1.165, 1.54) is 16.8 Å². The van der Waals surface area contributed by atoms with Crippen LogP contribution in [-0.2, 0) is 4.79 Å². The minimum Gasteiger partial charge on any atom is -0.490 e. The molecule has 0 radical (unpaired) electrons. The number of hydrazone groups is 1. The zero-order chi connectivity index (χ0) is 25.9. The lowest BCUT2D eigenvalue weighted by atomic mass is 10.1. The molecule has 0 aliphatic carbocycles. The molecule has 3 heterocycles. The van der Waals surface area contributed by atoms with Gasteiger partial charge in [-0.05, 0) is 73.6 Å². The number of aliphatic imine (C=N–C) groups is 1. The molecule has 1 N–H and O–H groups in total. The van der Waals surface area contributed by atoms with Crippen molar-refractivity contribution < 1.29 is 19.1 Å².